The second kappa shape index (κ2) is 4.89. The Labute approximate surface area is 160 Å². The minimum absolute atomic E-state index is 0.202. The third-order valence-electron chi connectivity index (χ3n) is 8.85. The molecule has 2 heterocycles. The van der Waals surface area contributed by atoms with Crippen molar-refractivity contribution in [2.24, 2.45) is 23.2 Å². The third kappa shape index (κ3) is 1.81. The lowest BCUT2D eigenvalue weighted by Gasteiger charge is -2.62. The zero-order valence-electron chi connectivity index (χ0n) is 16.5. The number of hydrogen-bond acceptors (Lipinski definition) is 4. The highest BCUT2D eigenvalue weighted by Gasteiger charge is 2.71. The van der Waals surface area contributed by atoms with Gasteiger partial charge in [0.15, 0.2) is 23.4 Å². The molecule has 3 aliphatic carbocycles. The third-order valence-corrected chi connectivity index (χ3v) is 8.85. The summed E-state index contributed by atoms with van der Waals surface area (Å²) in [5.74, 6) is 2.63. The number of benzene rings is 1. The van der Waals surface area contributed by atoms with Crippen LogP contribution in [-0.2, 0) is 16.6 Å². The monoisotopic (exact) mass is 367 g/mol. The van der Waals surface area contributed by atoms with Crippen LogP contribution in [0.2, 0.25) is 0 Å². The predicted octanol–water partition coefficient (Wildman–Crippen LogP) is 3.29. The van der Waals surface area contributed by atoms with Crippen molar-refractivity contribution in [3.8, 4) is 11.5 Å². The average Bonchev–Trinajstić information content (AvgIpc) is 3.38. The maximum absolute atomic E-state index is 13.5. The van der Waals surface area contributed by atoms with Gasteiger partial charge >= 0.3 is 0 Å². The van der Waals surface area contributed by atoms with Gasteiger partial charge < -0.3 is 9.84 Å². The molecule has 2 bridgehead atoms. The molecule has 144 valence electrons. The van der Waals surface area contributed by atoms with Crippen molar-refractivity contribution in [3.05, 3.63) is 23.3 Å². The molecule has 5 aliphatic rings. The van der Waals surface area contributed by atoms with Gasteiger partial charge in [0, 0.05) is 29.0 Å². The van der Waals surface area contributed by atoms with Crippen LogP contribution < -0.4 is 4.74 Å². The molecule has 0 aromatic heterocycles. The van der Waals surface area contributed by atoms with Crippen molar-refractivity contribution in [1.29, 1.82) is 0 Å². The number of carbonyl (C=O) groups excluding carboxylic acids is 1. The first-order valence-electron chi connectivity index (χ1n) is 10.7. The van der Waals surface area contributed by atoms with E-state index in [4.69, 9.17) is 4.74 Å². The van der Waals surface area contributed by atoms with Gasteiger partial charge in [0.1, 0.15) is 0 Å². The number of piperidine rings is 1. The Morgan fingerprint density at radius 2 is 2.07 bits per heavy atom. The van der Waals surface area contributed by atoms with Gasteiger partial charge in [-0.15, -0.1) is 0 Å². The molecule has 2 saturated carbocycles. The zero-order chi connectivity index (χ0) is 18.7. The molecular weight excluding hydrogens is 338 g/mol. The highest BCUT2D eigenvalue weighted by molar-refractivity contribution is 5.93. The number of carbonyl (C=O) groups is 1. The molecule has 2 aliphatic heterocycles. The van der Waals surface area contributed by atoms with Crippen LogP contribution in [-0.4, -0.2) is 41.0 Å². The standard InChI is InChI=1S/C23H29NO3/c1-12-17-15-10-14-6-7-16(25)19-18(14)23(17,8-9-24(15)11-13-4-5-13)21(27-19)20(26)22(12,2)3/h6-7,12-13,15,17,21,25H,4-5,8-11H2,1-3H3/t12-,15-,17?,21+,23+/m1/s1. The SMILES string of the molecule is C[C@@H]1C2[C@H]3Cc4ccc(O)c5c4[C@@]2(CCN3CC2CC2)[C@@H](O5)C(=O)C1(C)C. The van der Waals surface area contributed by atoms with E-state index in [1.54, 1.807) is 6.07 Å². The number of phenols is 1. The Morgan fingerprint density at radius 3 is 2.81 bits per heavy atom. The molecule has 27 heavy (non-hydrogen) atoms. The highest BCUT2D eigenvalue weighted by Crippen LogP contribution is 2.66. The van der Waals surface area contributed by atoms with Crippen molar-refractivity contribution < 1.29 is 14.6 Å². The number of rotatable bonds is 2. The fourth-order valence-electron chi connectivity index (χ4n) is 7.01. The average molecular weight is 367 g/mol. The number of Topliss-reactive ketones (excluding diaryl/α,β-unsaturated/α-hetero) is 1. The summed E-state index contributed by atoms with van der Waals surface area (Å²) in [4.78, 5) is 16.3. The summed E-state index contributed by atoms with van der Waals surface area (Å²) in [5.41, 5.74) is 1.84. The fourth-order valence-corrected chi connectivity index (χ4v) is 7.01. The molecule has 1 aromatic carbocycles. The van der Waals surface area contributed by atoms with E-state index in [-0.39, 0.29) is 16.9 Å². The van der Waals surface area contributed by atoms with E-state index in [0.717, 1.165) is 25.3 Å². The lowest BCUT2D eigenvalue weighted by Crippen LogP contribution is -2.71. The minimum atomic E-state index is -0.429. The first kappa shape index (κ1) is 16.4. The van der Waals surface area contributed by atoms with E-state index < -0.39 is 11.5 Å². The van der Waals surface area contributed by atoms with Gasteiger partial charge in [0.05, 0.1) is 0 Å². The first-order valence-corrected chi connectivity index (χ1v) is 10.7. The maximum atomic E-state index is 13.5. The summed E-state index contributed by atoms with van der Waals surface area (Å²) >= 11 is 0. The summed E-state index contributed by atoms with van der Waals surface area (Å²) in [6.45, 7) is 8.77. The normalized spacial score (nSPS) is 41.2. The van der Waals surface area contributed by atoms with Crippen molar-refractivity contribution in [2.75, 3.05) is 13.1 Å². The highest BCUT2D eigenvalue weighted by atomic mass is 16.5. The molecule has 5 atom stereocenters. The molecule has 3 fully saturated rings. The molecule has 6 rings (SSSR count). The van der Waals surface area contributed by atoms with Crippen LogP contribution in [0.3, 0.4) is 0 Å². The van der Waals surface area contributed by atoms with Gasteiger partial charge in [-0.2, -0.15) is 0 Å². The lowest BCUT2D eigenvalue weighted by molar-refractivity contribution is -0.163. The van der Waals surface area contributed by atoms with Crippen LogP contribution in [0.15, 0.2) is 12.1 Å². The second-order valence-electron chi connectivity index (χ2n) is 10.3. The molecule has 1 spiro atoms. The Hall–Kier alpha value is -1.55. The summed E-state index contributed by atoms with van der Waals surface area (Å²) in [6.07, 6.45) is 4.31. The molecule has 1 unspecified atom stereocenters. The van der Waals surface area contributed by atoms with Crippen LogP contribution in [0.25, 0.3) is 0 Å². The van der Waals surface area contributed by atoms with E-state index in [9.17, 15) is 9.90 Å². The Bertz CT molecular complexity index is 857. The van der Waals surface area contributed by atoms with Crippen molar-refractivity contribution in [3.63, 3.8) is 0 Å². The molecule has 4 heteroatoms. The largest absolute Gasteiger partial charge is 0.504 e. The number of hydrogen-bond donors (Lipinski definition) is 1. The van der Waals surface area contributed by atoms with Gasteiger partial charge in [0.25, 0.3) is 0 Å². The molecule has 0 radical (unpaired) electrons. The molecule has 1 N–H and O–H groups in total. The number of phenolic OH excluding ortho intramolecular Hbond substituents is 1. The number of ketones is 1. The minimum Gasteiger partial charge on any atom is -0.504 e. The number of ether oxygens (including phenoxy) is 1. The maximum Gasteiger partial charge on any atom is 0.180 e. The van der Waals surface area contributed by atoms with E-state index >= 15 is 0 Å². The summed E-state index contributed by atoms with van der Waals surface area (Å²) in [7, 11) is 0. The second-order valence-corrected chi connectivity index (χ2v) is 10.3. The smallest absolute Gasteiger partial charge is 0.180 e. The predicted molar refractivity (Wildman–Crippen MR) is 102 cm³/mol. The summed E-state index contributed by atoms with van der Waals surface area (Å²) in [6, 6.07) is 4.33. The van der Waals surface area contributed by atoms with Gasteiger partial charge in [0.2, 0.25) is 0 Å². The van der Waals surface area contributed by atoms with Gasteiger partial charge in [-0.1, -0.05) is 26.8 Å². The Kier molecular flexibility index (Phi) is 2.97. The Balaban J connectivity index is 1.58. The molecular formula is C23H29NO3. The molecule has 4 nitrogen and oxygen atoms in total. The molecule has 0 amide bonds. The molecule has 1 saturated heterocycles. The topological polar surface area (TPSA) is 49.8 Å². The van der Waals surface area contributed by atoms with Gasteiger partial charge in [-0.25, -0.2) is 0 Å². The van der Waals surface area contributed by atoms with Crippen molar-refractivity contribution in [2.45, 2.75) is 64.0 Å². The van der Waals surface area contributed by atoms with E-state index in [1.807, 2.05) is 0 Å². The van der Waals surface area contributed by atoms with Gasteiger partial charge in [-0.3, -0.25) is 9.69 Å². The summed E-state index contributed by atoms with van der Waals surface area (Å²) < 4.78 is 6.32. The Morgan fingerprint density at radius 1 is 1.30 bits per heavy atom. The summed E-state index contributed by atoms with van der Waals surface area (Å²) in [5, 5.41) is 10.5. The van der Waals surface area contributed by atoms with Crippen LogP contribution >= 0.6 is 0 Å². The van der Waals surface area contributed by atoms with E-state index in [0.29, 0.717) is 23.6 Å². The van der Waals surface area contributed by atoms with E-state index in [2.05, 4.69) is 31.7 Å². The van der Waals surface area contributed by atoms with Crippen LogP contribution in [0, 0.1) is 23.2 Å². The van der Waals surface area contributed by atoms with E-state index in [1.165, 1.54) is 30.5 Å². The van der Waals surface area contributed by atoms with Crippen molar-refractivity contribution >= 4 is 5.78 Å². The first-order chi connectivity index (χ1) is 12.9. The molecule has 1 aromatic rings. The lowest BCUT2D eigenvalue weighted by atomic mass is 9.44. The van der Waals surface area contributed by atoms with Crippen LogP contribution in [0.1, 0.15) is 51.2 Å². The fraction of sp³-hybridized carbons (Fsp3) is 0.696. The van der Waals surface area contributed by atoms with Crippen molar-refractivity contribution in [1.82, 2.24) is 4.90 Å². The van der Waals surface area contributed by atoms with Crippen LogP contribution in [0.5, 0.6) is 11.5 Å². The zero-order valence-corrected chi connectivity index (χ0v) is 16.5. The number of likely N-dealkylation sites (tertiary alicyclic amines) is 1. The number of aromatic hydroxyl groups is 1. The van der Waals surface area contributed by atoms with Crippen LogP contribution in [0.4, 0.5) is 0 Å². The quantitative estimate of drug-likeness (QED) is 0.871. The van der Waals surface area contributed by atoms with Gasteiger partial charge in [-0.05, 0) is 61.6 Å². The number of nitrogens with zero attached hydrogens (tertiary/aromatic N) is 1.